The van der Waals surface area contributed by atoms with E-state index in [0.717, 1.165) is 0 Å². The zero-order valence-corrected chi connectivity index (χ0v) is 9.62. The zero-order chi connectivity index (χ0) is 0. The monoisotopic (exact) mass is 386 g/mol. The second kappa shape index (κ2) is 18.7. The molecule has 0 aliphatic heterocycles. The predicted molar refractivity (Wildman–Crippen MR) is 11.5 cm³/mol. The normalized spacial score (nSPS) is 0. The van der Waals surface area contributed by atoms with E-state index in [1.165, 1.54) is 0 Å². The molecule has 0 fully saturated rings. The molecule has 0 aliphatic carbocycles. The van der Waals surface area contributed by atoms with Gasteiger partial charge in [0.2, 0.25) is 0 Å². The van der Waals surface area contributed by atoms with Gasteiger partial charge in [0.25, 0.3) is 0 Å². The molecule has 0 radical (unpaired) electrons. The molecule has 0 N–H and O–H groups in total. The molecule has 0 aromatic carbocycles. The summed E-state index contributed by atoms with van der Waals surface area (Å²) < 4.78 is 0. The Bertz CT molecular complexity index is 6.00. The van der Waals surface area contributed by atoms with Crippen molar-refractivity contribution in [1.29, 1.82) is 0 Å². The van der Waals surface area contributed by atoms with Crippen LogP contribution < -0.4 is 28.7 Å². The van der Waals surface area contributed by atoms with Gasteiger partial charge in [-0.25, -0.2) is 0 Å². The molecule has 0 unspecified atom stereocenters. The first-order valence-corrected chi connectivity index (χ1v) is 0. The van der Waals surface area contributed by atoms with E-state index in [-0.39, 0.29) is 76.5 Å². The van der Waals surface area contributed by atoms with E-state index in [1.807, 2.05) is 0 Å². The Morgan fingerprint density at radius 1 is 0.750 bits per heavy atom. The molecule has 0 saturated heterocycles. The average molecular weight is 383 g/mol. The van der Waals surface area contributed by atoms with Crippen molar-refractivity contribution >= 4 is 47.8 Å². The molecule has 0 aromatic heterocycles. The van der Waals surface area contributed by atoms with Crippen LogP contribution in [0.4, 0.5) is 0 Å². The third-order valence-electron chi connectivity index (χ3n) is 0. The molecule has 0 saturated carbocycles. The summed E-state index contributed by atoms with van der Waals surface area (Å²) >= 11 is 0. The molecule has 0 spiro atoms. The van der Waals surface area contributed by atoms with Gasteiger partial charge in [-0.15, -0.1) is 0 Å². The van der Waals surface area contributed by atoms with Gasteiger partial charge < -0.3 is 28.7 Å². The Balaban J connectivity index is 0. The largest absolute Gasteiger partial charge is 4.00 e. The second-order valence-corrected chi connectivity index (χ2v) is 0. The van der Waals surface area contributed by atoms with Crippen LogP contribution in [0.2, 0.25) is 0 Å². The van der Waals surface area contributed by atoms with Crippen LogP contribution in [0.5, 0.6) is 0 Å². The van der Waals surface area contributed by atoms with Crippen LogP contribution >= 0.6 is 0 Å². The first-order chi connectivity index (χ1) is 0. The van der Waals surface area contributed by atoms with E-state index < -0.39 is 0 Å². The first-order valence-electron chi connectivity index (χ1n) is 0. The van der Waals surface area contributed by atoms with Crippen LogP contribution in [0.25, 0.3) is 0 Å². The van der Waals surface area contributed by atoms with E-state index in [9.17, 15) is 0 Å². The molecule has 4 heavy (non-hydrogen) atoms. The molecule has 0 atom stereocenters. The van der Waals surface area contributed by atoms with Crippen molar-refractivity contribution in [2.24, 2.45) is 0 Å². The molecule has 0 bridgehead atoms. The van der Waals surface area contributed by atoms with Gasteiger partial charge in [0.05, 0.1) is 0 Å². The van der Waals surface area contributed by atoms with Crippen molar-refractivity contribution in [2.75, 3.05) is 0 Å². The van der Waals surface area contributed by atoms with Gasteiger partial charge in [-0.2, -0.15) is 0 Å². The van der Waals surface area contributed by atoms with E-state index in [2.05, 4.69) is 0 Å². The summed E-state index contributed by atoms with van der Waals surface area (Å²) in [6.45, 7) is 0. The summed E-state index contributed by atoms with van der Waals surface area (Å²) in [6.07, 6.45) is 0. The standard InChI is InChI=1S/FH.HI.2Sn/h2*1H;;/q;;2*+4/p-2. The average Bonchev–Trinajstić information content (AvgIpc) is 0. The maximum atomic E-state index is 0. The molecule has 0 rings (SSSR count). The fourth-order valence-corrected chi connectivity index (χ4v) is 0. The molecule has 0 amide bonds. The second-order valence-electron chi connectivity index (χ2n) is 0. The van der Waals surface area contributed by atoms with Crippen molar-refractivity contribution in [3.8, 4) is 0 Å². The van der Waals surface area contributed by atoms with Crippen LogP contribution in [0.1, 0.15) is 0 Å². The van der Waals surface area contributed by atoms with Crippen LogP contribution in [0.3, 0.4) is 0 Å². The van der Waals surface area contributed by atoms with Crippen LogP contribution in [-0.2, 0) is 0 Å². The molecule has 0 aliphatic rings. The molecule has 0 heterocycles. The number of hydrogen-bond donors (Lipinski definition) is 0. The minimum atomic E-state index is 0. The van der Waals surface area contributed by atoms with Crippen LogP contribution in [0.15, 0.2) is 0 Å². The van der Waals surface area contributed by atoms with E-state index >= 15 is 0 Å². The number of halogens is 2. The summed E-state index contributed by atoms with van der Waals surface area (Å²) in [6, 6.07) is 0. The Hall–Kier alpha value is 2.26. The van der Waals surface area contributed by atoms with Crippen LogP contribution in [0, 0.1) is 0 Å². The van der Waals surface area contributed by atoms with E-state index in [0.29, 0.717) is 0 Å². The third-order valence-corrected chi connectivity index (χ3v) is 0. The molecule has 0 nitrogen and oxygen atoms in total. The number of rotatable bonds is 0. The maximum absolute atomic E-state index is 0. The van der Waals surface area contributed by atoms with Gasteiger partial charge in [-0.3, -0.25) is 0 Å². The summed E-state index contributed by atoms with van der Waals surface area (Å²) in [5.74, 6) is 0. The summed E-state index contributed by atoms with van der Waals surface area (Å²) in [5.41, 5.74) is 0. The topological polar surface area (TPSA) is 0 Å². The van der Waals surface area contributed by atoms with Crippen molar-refractivity contribution in [2.45, 2.75) is 0 Å². The molecule has 4 heteroatoms. The Morgan fingerprint density at radius 2 is 0.750 bits per heavy atom. The molecular formula is FISn2+6. The van der Waals surface area contributed by atoms with E-state index in [1.54, 1.807) is 0 Å². The van der Waals surface area contributed by atoms with Gasteiger partial charge in [-0.1, -0.05) is 0 Å². The summed E-state index contributed by atoms with van der Waals surface area (Å²) in [7, 11) is 0. The first kappa shape index (κ1) is 33.9. The van der Waals surface area contributed by atoms with Gasteiger partial charge in [0.1, 0.15) is 0 Å². The number of hydrogen-bond acceptors (Lipinski definition) is 0. The SMILES string of the molecule is [F-].[I-].[Sn+4].[Sn+4]. The molecular weight excluding hydrogens is 383 g/mol. The van der Waals surface area contributed by atoms with Gasteiger partial charge in [-0.05, 0) is 0 Å². The van der Waals surface area contributed by atoms with Crippen LogP contribution in [-0.4, -0.2) is 47.8 Å². The van der Waals surface area contributed by atoms with E-state index in [4.69, 9.17) is 0 Å². The van der Waals surface area contributed by atoms with Gasteiger partial charge in [0, 0.05) is 0 Å². The minimum Gasteiger partial charge on any atom is -1.00 e. The van der Waals surface area contributed by atoms with Crippen molar-refractivity contribution in [1.82, 2.24) is 0 Å². The van der Waals surface area contributed by atoms with Crippen molar-refractivity contribution < 1.29 is 28.7 Å². The maximum Gasteiger partial charge on any atom is 4.00 e. The summed E-state index contributed by atoms with van der Waals surface area (Å²) in [5, 5.41) is 0. The van der Waals surface area contributed by atoms with Gasteiger partial charge in [0.15, 0.2) is 0 Å². The fraction of sp³-hybridized carbons (Fsp3) is 0. The summed E-state index contributed by atoms with van der Waals surface area (Å²) in [4.78, 5) is 0. The van der Waals surface area contributed by atoms with Crippen molar-refractivity contribution in [3.05, 3.63) is 0 Å². The fourth-order valence-electron chi connectivity index (χ4n) is 0. The van der Waals surface area contributed by atoms with Gasteiger partial charge >= 0.3 is 47.8 Å². The van der Waals surface area contributed by atoms with Crippen molar-refractivity contribution in [3.63, 3.8) is 0 Å². The Kier molecular flexibility index (Phi) is 159. The zero-order valence-electron chi connectivity index (χ0n) is 1.76. The third kappa shape index (κ3) is 8.86. The minimum absolute atomic E-state index is 0. The predicted octanol–water partition coefficient (Wildman–Crippen LogP) is -6.75. The Morgan fingerprint density at radius 3 is 0.750 bits per heavy atom. The molecule has 16 valence electrons. The smallest absolute Gasteiger partial charge is 1.00 e. The quantitative estimate of drug-likeness (QED) is 0.288. The molecule has 0 aromatic rings. The Labute approximate surface area is 75.4 Å².